The van der Waals surface area contributed by atoms with Crippen LogP contribution in [0.4, 0.5) is 23.4 Å². The highest BCUT2D eigenvalue weighted by atomic mass is 19.4. The van der Waals surface area contributed by atoms with Crippen LogP contribution in [-0.4, -0.2) is 38.7 Å². The van der Waals surface area contributed by atoms with Crippen molar-refractivity contribution >= 4 is 11.5 Å². The van der Waals surface area contributed by atoms with E-state index in [0.29, 0.717) is 42.7 Å². The highest BCUT2D eigenvalue weighted by molar-refractivity contribution is 5.72. The van der Waals surface area contributed by atoms with E-state index in [9.17, 15) is 22.7 Å². The SMILES string of the molecule is OC1CCN(c2nccn3c(-c4cc(F)cc(C(F)(F)F)c4)cnc23)C1. The molecule has 136 valence electrons. The number of hydrogen-bond donors (Lipinski definition) is 1. The number of rotatable bonds is 2. The molecule has 5 nitrogen and oxygen atoms in total. The molecule has 1 fully saturated rings. The number of halogens is 4. The largest absolute Gasteiger partial charge is 0.416 e. The standard InChI is InChI=1S/C17H14F4N4O/c18-12-6-10(5-11(7-12)17(19,20)21)14-8-23-16-15(22-2-4-25(14)16)24-3-1-13(26)9-24/h2,4-8,13,26H,1,3,9H2. The second-order valence-electron chi connectivity index (χ2n) is 6.20. The molecule has 1 N–H and O–H groups in total. The van der Waals surface area contributed by atoms with Gasteiger partial charge in [-0.05, 0) is 24.6 Å². The van der Waals surface area contributed by atoms with E-state index in [-0.39, 0.29) is 5.56 Å². The van der Waals surface area contributed by atoms with Crippen LogP contribution in [-0.2, 0) is 6.18 Å². The summed E-state index contributed by atoms with van der Waals surface area (Å²) in [4.78, 5) is 10.4. The fourth-order valence-electron chi connectivity index (χ4n) is 3.18. The number of hydrogen-bond acceptors (Lipinski definition) is 4. The van der Waals surface area contributed by atoms with Gasteiger partial charge in [0.1, 0.15) is 5.82 Å². The topological polar surface area (TPSA) is 53.7 Å². The van der Waals surface area contributed by atoms with Crippen molar-refractivity contribution in [2.75, 3.05) is 18.0 Å². The monoisotopic (exact) mass is 366 g/mol. The minimum atomic E-state index is -4.64. The number of aliphatic hydroxyl groups is 1. The first-order valence-corrected chi connectivity index (χ1v) is 7.96. The van der Waals surface area contributed by atoms with Crippen molar-refractivity contribution in [2.45, 2.75) is 18.7 Å². The zero-order chi connectivity index (χ0) is 18.5. The van der Waals surface area contributed by atoms with Crippen molar-refractivity contribution in [2.24, 2.45) is 0 Å². The number of alkyl halides is 3. The van der Waals surface area contributed by atoms with Gasteiger partial charge in [0.15, 0.2) is 11.5 Å². The minimum absolute atomic E-state index is 0.0726. The Morgan fingerprint density at radius 3 is 2.65 bits per heavy atom. The van der Waals surface area contributed by atoms with Crippen molar-refractivity contribution in [3.8, 4) is 11.3 Å². The molecule has 1 aliphatic rings. The van der Waals surface area contributed by atoms with Crippen LogP contribution in [0, 0.1) is 5.82 Å². The van der Waals surface area contributed by atoms with Gasteiger partial charge in [-0.3, -0.25) is 4.40 Å². The Balaban J connectivity index is 1.83. The Labute approximate surface area is 145 Å². The first-order chi connectivity index (χ1) is 12.3. The number of β-amino-alcohol motifs (C(OH)–C–C–N with tert-alkyl or cyclic N) is 1. The summed E-state index contributed by atoms with van der Waals surface area (Å²) in [5, 5.41) is 9.71. The summed E-state index contributed by atoms with van der Waals surface area (Å²) in [6.07, 6.45) is -0.0371. The van der Waals surface area contributed by atoms with Crippen LogP contribution in [0.2, 0.25) is 0 Å². The Kier molecular flexibility index (Phi) is 3.83. The molecule has 3 heterocycles. The smallest absolute Gasteiger partial charge is 0.391 e. The number of fused-ring (bicyclic) bond motifs is 1. The lowest BCUT2D eigenvalue weighted by Gasteiger charge is -2.17. The highest BCUT2D eigenvalue weighted by Gasteiger charge is 2.32. The van der Waals surface area contributed by atoms with Gasteiger partial charge in [-0.1, -0.05) is 0 Å². The molecule has 3 aromatic rings. The summed E-state index contributed by atoms with van der Waals surface area (Å²) in [7, 11) is 0. The van der Waals surface area contributed by atoms with E-state index in [4.69, 9.17) is 0 Å². The number of benzene rings is 1. The third-order valence-corrected chi connectivity index (χ3v) is 4.39. The molecular formula is C17H14F4N4O. The third-order valence-electron chi connectivity index (χ3n) is 4.39. The molecule has 0 bridgehead atoms. The molecule has 1 unspecified atom stereocenters. The maximum atomic E-state index is 13.7. The molecule has 0 amide bonds. The molecule has 0 spiro atoms. The molecule has 1 atom stereocenters. The highest BCUT2D eigenvalue weighted by Crippen LogP contribution is 2.34. The van der Waals surface area contributed by atoms with E-state index in [1.54, 1.807) is 10.6 Å². The Hall–Kier alpha value is -2.68. The second kappa shape index (κ2) is 5.94. The lowest BCUT2D eigenvalue weighted by atomic mass is 10.1. The van der Waals surface area contributed by atoms with Crippen LogP contribution in [0.1, 0.15) is 12.0 Å². The van der Waals surface area contributed by atoms with Gasteiger partial charge >= 0.3 is 6.18 Å². The fourth-order valence-corrected chi connectivity index (χ4v) is 3.18. The van der Waals surface area contributed by atoms with Crippen molar-refractivity contribution in [3.05, 3.63) is 48.2 Å². The van der Waals surface area contributed by atoms with Crippen molar-refractivity contribution < 1.29 is 22.7 Å². The number of imidazole rings is 1. The average molecular weight is 366 g/mol. The lowest BCUT2D eigenvalue weighted by molar-refractivity contribution is -0.137. The maximum Gasteiger partial charge on any atom is 0.416 e. The predicted molar refractivity (Wildman–Crippen MR) is 86.2 cm³/mol. The summed E-state index contributed by atoms with van der Waals surface area (Å²) < 4.78 is 54.2. The van der Waals surface area contributed by atoms with Gasteiger partial charge in [0.2, 0.25) is 0 Å². The van der Waals surface area contributed by atoms with E-state index >= 15 is 0 Å². The van der Waals surface area contributed by atoms with Crippen LogP contribution in [0.15, 0.2) is 36.8 Å². The van der Waals surface area contributed by atoms with Crippen LogP contribution in [0.3, 0.4) is 0 Å². The van der Waals surface area contributed by atoms with Crippen LogP contribution in [0.25, 0.3) is 16.9 Å². The molecule has 2 aromatic heterocycles. The van der Waals surface area contributed by atoms with Crippen LogP contribution >= 0.6 is 0 Å². The Morgan fingerprint density at radius 2 is 1.96 bits per heavy atom. The van der Waals surface area contributed by atoms with Crippen molar-refractivity contribution in [1.82, 2.24) is 14.4 Å². The Morgan fingerprint density at radius 1 is 1.15 bits per heavy atom. The fraction of sp³-hybridized carbons (Fsp3) is 0.294. The molecule has 0 saturated carbocycles. The molecule has 0 radical (unpaired) electrons. The quantitative estimate of drug-likeness (QED) is 0.708. The third kappa shape index (κ3) is 2.88. The number of aliphatic hydroxyl groups excluding tert-OH is 1. The first kappa shape index (κ1) is 16.8. The van der Waals surface area contributed by atoms with Gasteiger partial charge in [0.05, 0.1) is 23.6 Å². The molecule has 1 aromatic carbocycles. The number of anilines is 1. The normalized spacial score (nSPS) is 18.0. The van der Waals surface area contributed by atoms with E-state index in [1.807, 2.05) is 4.90 Å². The maximum absolute atomic E-state index is 13.7. The van der Waals surface area contributed by atoms with Gasteiger partial charge in [-0.15, -0.1) is 0 Å². The summed E-state index contributed by atoms with van der Waals surface area (Å²) in [6.45, 7) is 1.02. The van der Waals surface area contributed by atoms with E-state index < -0.39 is 23.7 Å². The molecular weight excluding hydrogens is 352 g/mol. The number of aromatic nitrogens is 3. The van der Waals surface area contributed by atoms with Crippen LogP contribution < -0.4 is 4.90 Å². The summed E-state index contributed by atoms with van der Waals surface area (Å²) in [5.41, 5.74) is -0.217. The summed E-state index contributed by atoms with van der Waals surface area (Å²) >= 11 is 0. The molecule has 1 aliphatic heterocycles. The van der Waals surface area contributed by atoms with E-state index in [2.05, 4.69) is 9.97 Å². The van der Waals surface area contributed by atoms with Gasteiger partial charge in [-0.25, -0.2) is 14.4 Å². The van der Waals surface area contributed by atoms with Gasteiger partial charge in [0, 0.05) is 31.0 Å². The average Bonchev–Trinajstić information content (AvgIpc) is 3.19. The second-order valence-corrected chi connectivity index (χ2v) is 6.20. The molecule has 9 heteroatoms. The van der Waals surface area contributed by atoms with Crippen LogP contribution in [0.5, 0.6) is 0 Å². The molecule has 4 rings (SSSR count). The van der Waals surface area contributed by atoms with Gasteiger partial charge in [-0.2, -0.15) is 13.2 Å². The molecule has 1 saturated heterocycles. The molecule has 26 heavy (non-hydrogen) atoms. The predicted octanol–water partition coefficient (Wildman–Crippen LogP) is 3.13. The lowest BCUT2D eigenvalue weighted by Crippen LogP contribution is -2.23. The van der Waals surface area contributed by atoms with Gasteiger partial charge in [0.25, 0.3) is 0 Å². The summed E-state index contributed by atoms with van der Waals surface area (Å²) in [6, 6.07) is 2.40. The van der Waals surface area contributed by atoms with E-state index in [0.717, 1.165) is 12.1 Å². The van der Waals surface area contributed by atoms with Gasteiger partial charge < -0.3 is 10.0 Å². The summed E-state index contributed by atoms with van der Waals surface area (Å²) in [5.74, 6) is -0.440. The van der Waals surface area contributed by atoms with Crippen molar-refractivity contribution in [1.29, 1.82) is 0 Å². The molecule has 0 aliphatic carbocycles. The zero-order valence-corrected chi connectivity index (χ0v) is 13.4. The zero-order valence-electron chi connectivity index (χ0n) is 13.4. The first-order valence-electron chi connectivity index (χ1n) is 7.96. The minimum Gasteiger partial charge on any atom is -0.391 e. The number of nitrogens with zero attached hydrogens (tertiary/aromatic N) is 4. The van der Waals surface area contributed by atoms with Crippen molar-refractivity contribution in [3.63, 3.8) is 0 Å². The Bertz CT molecular complexity index is 969. The van der Waals surface area contributed by atoms with E-state index in [1.165, 1.54) is 12.4 Å².